The van der Waals surface area contributed by atoms with Gasteiger partial charge in [-0.1, -0.05) is 0 Å². The van der Waals surface area contributed by atoms with Gasteiger partial charge in [-0.25, -0.2) is 14.0 Å². The summed E-state index contributed by atoms with van der Waals surface area (Å²) < 4.78 is 19.8. The summed E-state index contributed by atoms with van der Waals surface area (Å²) in [5, 5.41) is 5.37. The molecular weight excluding hydrogens is 405 g/mol. The summed E-state index contributed by atoms with van der Waals surface area (Å²) in [6, 6.07) is 2.54. The van der Waals surface area contributed by atoms with Crippen molar-refractivity contribution in [2.75, 3.05) is 18.4 Å². The molecule has 1 aliphatic heterocycles. The number of carbonyl (C=O) groups excluding carboxylic acids is 2. The molecule has 0 bridgehead atoms. The minimum Gasteiger partial charge on any atom is -0.444 e. The predicted molar refractivity (Wildman–Crippen MR) is 102 cm³/mol. The summed E-state index contributed by atoms with van der Waals surface area (Å²) in [7, 11) is 0. The Hall–Kier alpha value is -1.83. The summed E-state index contributed by atoms with van der Waals surface area (Å²) in [6.07, 6.45) is 0.889. The van der Waals surface area contributed by atoms with Crippen molar-refractivity contribution in [3.05, 3.63) is 28.0 Å². The first-order valence-corrected chi connectivity index (χ1v) is 9.35. The number of anilines is 1. The average Bonchev–Trinajstić information content (AvgIpc) is 2.50. The number of nitrogens with zero attached hydrogens (tertiary/aromatic N) is 1. The molecule has 1 saturated heterocycles. The number of urea groups is 1. The van der Waals surface area contributed by atoms with Gasteiger partial charge in [0.05, 0.1) is 5.69 Å². The summed E-state index contributed by atoms with van der Waals surface area (Å²) in [5.74, 6) is -0.494. The fourth-order valence-corrected chi connectivity index (χ4v) is 3.34. The molecule has 1 heterocycles. The van der Waals surface area contributed by atoms with E-state index in [-0.39, 0.29) is 17.8 Å². The van der Waals surface area contributed by atoms with Crippen LogP contribution in [0.3, 0.4) is 0 Å². The van der Waals surface area contributed by atoms with Gasteiger partial charge in [-0.2, -0.15) is 0 Å². The number of carbonyl (C=O) groups is 2. The maximum atomic E-state index is 14.0. The minimum absolute atomic E-state index is 0.0824. The van der Waals surface area contributed by atoms with E-state index in [1.807, 2.05) is 20.8 Å². The number of aryl methyl sites for hydroxylation is 1. The third kappa shape index (κ3) is 5.86. The van der Waals surface area contributed by atoms with Crippen molar-refractivity contribution in [3.63, 3.8) is 0 Å². The number of amides is 3. The predicted octanol–water partition coefficient (Wildman–Crippen LogP) is 4.42. The molecule has 1 aromatic carbocycles. The zero-order valence-electron chi connectivity index (χ0n) is 15.5. The van der Waals surface area contributed by atoms with Gasteiger partial charge in [0.25, 0.3) is 0 Å². The van der Waals surface area contributed by atoms with Crippen molar-refractivity contribution in [1.29, 1.82) is 0 Å². The van der Waals surface area contributed by atoms with E-state index in [1.165, 1.54) is 6.07 Å². The van der Waals surface area contributed by atoms with Crippen LogP contribution in [-0.2, 0) is 4.74 Å². The number of nitrogens with one attached hydrogen (secondary N) is 2. The first-order chi connectivity index (χ1) is 12.0. The van der Waals surface area contributed by atoms with Crippen molar-refractivity contribution >= 4 is 33.7 Å². The third-order valence-corrected chi connectivity index (χ3v) is 4.53. The molecule has 0 aromatic heterocycles. The van der Waals surface area contributed by atoms with E-state index >= 15 is 0 Å². The second-order valence-corrected chi connectivity index (χ2v) is 8.30. The lowest BCUT2D eigenvalue weighted by atomic mass is 10.1. The highest BCUT2D eigenvalue weighted by Crippen LogP contribution is 2.27. The zero-order chi connectivity index (χ0) is 19.5. The Kier molecular flexibility index (Phi) is 6.49. The Labute approximate surface area is 161 Å². The van der Waals surface area contributed by atoms with Crippen LogP contribution in [0.1, 0.15) is 39.2 Å². The zero-order valence-corrected chi connectivity index (χ0v) is 17.1. The smallest absolute Gasteiger partial charge is 0.410 e. The van der Waals surface area contributed by atoms with Crippen LogP contribution in [0.4, 0.5) is 19.7 Å². The molecule has 0 unspecified atom stereocenters. The number of likely N-dealkylation sites (tertiary alicyclic amines) is 1. The number of benzene rings is 1. The average molecular weight is 430 g/mol. The van der Waals surface area contributed by atoms with Crippen LogP contribution in [-0.4, -0.2) is 41.8 Å². The van der Waals surface area contributed by atoms with E-state index in [2.05, 4.69) is 26.6 Å². The number of halogens is 2. The molecule has 6 nitrogen and oxygen atoms in total. The van der Waals surface area contributed by atoms with Crippen LogP contribution >= 0.6 is 15.9 Å². The van der Waals surface area contributed by atoms with E-state index in [0.29, 0.717) is 30.4 Å². The number of hydrogen-bond donors (Lipinski definition) is 2. The Balaban J connectivity index is 1.84. The summed E-state index contributed by atoms with van der Waals surface area (Å²) >= 11 is 3.26. The fourth-order valence-electron chi connectivity index (χ4n) is 2.69. The monoisotopic (exact) mass is 429 g/mol. The topological polar surface area (TPSA) is 70.7 Å². The van der Waals surface area contributed by atoms with E-state index in [9.17, 15) is 14.0 Å². The highest BCUT2D eigenvalue weighted by molar-refractivity contribution is 9.10. The van der Waals surface area contributed by atoms with Crippen LogP contribution in [0, 0.1) is 12.7 Å². The molecule has 0 spiro atoms. The summed E-state index contributed by atoms with van der Waals surface area (Å²) in [4.78, 5) is 25.8. The largest absolute Gasteiger partial charge is 0.444 e. The van der Waals surface area contributed by atoms with Gasteiger partial charge in [0.2, 0.25) is 0 Å². The lowest BCUT2D eigenvalue weighted by molar-refractivity contribution is 0.0202. The molecule has 3 amide bonds. The fraction of sp³-hybridized carbons (Fsp3) is 0.556. The van der Waals surface area contributed by atoms with E-state index < -0.39 is 17.4 Å². The highest BCUT2D eigenvalue weighted by Gasteiger charge is 2.27. The van der Waals surface area contributed by atoms with Gasteiger partial charge < -0.3 is 20.3 Å². The van der Waals surface area contributed by atoms with Crippen molar-refractivity contribution in [2.45, 2.75) is 52.2 Å². The number of rotatable bonds is 2. The van der Waals surface area contributed by atoms with E-state index in [1.54, 1.807) is 17.9 Å². The molecule has 0 atom stereocenters. The summed E-state index contributed by atoms with van der Waals surface area (Å²) in [6.45, 7) is 8.25. The van der Waals surface area contributed by atoms with Gasteiger partial charge >= 0.3 is 12.1 Å². The van der Waals surface area contributed by atoms with Gasteiger partial charge in [-0.05, 0) is 74.2 Å². The van der Waals surface area contributed by atoms with Crippen molar-refractivity contribution in [3.8, 4) is 0 Å². The van der Waals surface area contributed by atoms with Gasteiger partial charge in [0.1, 0.15) is 11.4 Å². The van der Waals surface area contributed by atoms with Gasteiger partial charge in [-0.15, -0.1) is 0 Å². The van der Waals surface area contributed by atoms with Crippen molar-refractivity contribution in [1.82, 2.24) is 10.2 Å². The molecular formula is C18H25BrFN3O3. The Morgan fingerprint density at radius 1 is 1.27 bits per heavy atom. The molecule has 0 saturated carbocycles. The van der Waals surface area contributed by atoms with Gasteiger partial charge in [0.15, 0.2) is 0 Å². The highest BCUT2D eigenvalue weighted by atomic mass is 79.9. The molecule has 8 heteroatoms. The Bertz CT molecular complexity index is 660. The molecule has 26 heavy (non-hydrogen) atoms. The van der Waals surface area contributed by atoms with Crippen LogP contribution < -0.4 is 10.6 Å². The molecule has 0 radical (unpaired) electrons. The summed E-state index contributed by atoms with van der Waals surface area (Å²) in [5.41, 5.74) is 0.339. The first kappa shape index (κ1) is 20.5. The van der Waals surface area contributed by atoms with Crippen molar-refractivity contribution < 1.29 is 18.7 Å². The molecule has 2 rings (SSSR count). The van der Waals surface area contributed by atoms with Crippen LogP contribution in [0.5, 0.6) is 0 Å². The van der Waals surface area contributed by atoms with Crippen LogP contribution in [0.25, 0.3) is 0 Å². The van der Waals surface area contributed by atoms with E-state index in [4.69, 9.17) is 4.74 Å². The molecule has 2 N–H and O–H groups in total. The van der Waals surface area contributed by atoms with Gasteiger partial charge in [0, 0.05) is 23.6 Å². The Morgan fingerprint density at radius 3 is 2.42 bits per heavy atom. The van der Waals surface area contributed by atoms with Crippen LogP contribution in [0.15, 0.2) is 16.6 Å². The second-order valence-electron chi connectivity index (χ2n) is 7.44. The Morgan fingerprint density at radius 2 is 1.88 bits per heavy atom. The third-order valence-electron chi connectivity index (χ3n) is 3.91. The van der Waals surface area contributed by atoms with Gasteiger partial charge in [-0.3, -0.25) is 0 Å². The maximum Gasteiger partial charge on any atom is 0.410 e. The SMILES string of the molecule is Cc1cc(F)c(NC(=O)NC2CCN(C(=O)OC(C)(C)C)CC2)c(Br)c1. The second kappa shape index (κ2) is 8.24. The molecule has 0 aliphatic carbocycles. The molecule has 1 aromatic rings. The number of ether oxygens (including phenoxy) is 1. The number of piperidine rings is 1. The molecule has 1 aliphatic rings. The molecule has 1 fully saturated rings. The standard InChI is InChI=1S/C18H25BrFN3O3/c1-11-9-13(19)15(14(20)10-11)22-16(24)21-12-5-7-23(8-6-12)17(25)26-18(2,3)4/h9-10,12H,5-8H2,1-4H3,(H2,21,22,24). The maximum absolute atomic E-state index is 14.0. The molecule has 144 valence electrons. The van der Waals surface area contributed by atoms with E-state index in [0.717, 1.165) is 5.56 Å². The normalized spacial score (nSPS) is 15.5. The lowest BCUT2D eigenvalue weighted by Crippen LogP contribution is -2.48. The lowest BCUT2D eigenvalue weighted by Gasteiger charge is -2.33. The minimum atomic E-state index is -0.530. The quantitative estimate of drug-likeness (QED) is 0.730. The first-order valence-electron chi connectivity index (χ1n) is 8.56. The van der Waals surface area contributed by atoms with Crippen LogP contribution in [0.2, 0.25) is 0 Å². The number of hydrogen-bond acceptors (Lipinski definition) is 3. The van der Waals surface area contributed by atoms with Crippen molar-refractivity contribution in [2.24, 2.45) is 0 Å².